The quantitative estimate of drug-likeness (QED) is 0.850. The van der Waals surface area contributed by atoms with Crippen LogP contribution in [-0.2, 0) is 6.42 Å². The molecule has 2 N–H and O–H groups in total. The Labute approximate surface area is 144 Å². The number of aliphatic hydroxyl groups is 1. The number of fused-ring (bicyclic) bond motifs is 5. The highest BCUT2D eigenvalue weighted by atomic mass is 19.1. The minimum Gasteiger partial charge on any atom is -0.508 e. The zero-order valence-corrected chi connectivity index (χ0v) is 14.5. The molecule has 1 aromatic carbocycles. The van der Waals surface area contributed by atoms with Crippen molar-refractivity contribution in [3.05, 3.63) is 29.3 Å². The van der Waals surface area contributed by atoms with Crippen molar-refractivity contribution in [2.75, 3.05) is 6.67 Å². The van der Waals surface area contributed by atoms with Crippen molar-refractivity contribution in [2.24, 2.45) is 23.2 Å². The van der Waals surface area contributed by atoms with Crippen LogP contribution in [0, 0.1) is 23.2 Å². The summed E-state index contributed by atoms with van der Waals surface area (Å²) in [5, 5.41) is 20.5. The molecule has 3 aliphatic carbocycles. The van der Waals surface area contributed by atoms with Gasteiger partial charge in [0, 0.05) is 0 Å². The van der Waals surface area contributed by atoms with Crippen LogP contribution in [0.2, 0.25) is 0 Å². The number of hydrogen-bond donors (Lipinski definition) is 2. The van der Waals surface area contributed by atoms with Crippen molar-refractivity contribution in [1.82, 2.24) is 0 Å². The van der Waals surface area contributed by atoms with Gasteiger partial charge in [-0.25, -0.2) is 0 Å². The van der Waals surface area contributed by atoms with Crippen molar-refractivity contribution in [3.63, 3.8) is 0 Å². The highest BCUT2D eigenvalue weighted by Crippen LogP contribution is 2.62. The Morgan fingerprint density at radius 1 is 1.25 bits per heavy atom. The Hall–Kier alpha value is -1.09. The maximum Gasteiger partial charge on any atom is 0.115 e. The number of aliphatic hydroxyl groups excluding tert-OH is 1. The zero-order chi connectivity index (χ0) is 16.9. The third-order valence-electron chi connectivity index (χ3n) is 7.54. The molecular formula is C21H29FO2. The standard InChI is InChI=1S/C21H29FO2/c1-21-9-8-17-16-5-4-15(23)12-14(16)11-13(3-2-10-22)20(17)18(21)6-7-19(21)24/h4-5,12-13,17-20,23-24H,2-3,6-11H2,1H3/t13-,17-,18+,19+,20-,21+/m1/s1. The molecule has 0 aromatic heterocycles. The molecule has 24 heavy (non-hydrogen) atoms. The number of phenolic OH excluding ortho intramolecular Hbond substituents is 1. The van der Waals surface area contributed by atoms with Crippen LogP contribution in [0.5, 0.6) is 5.75 Å². The number of benzene rings is 1. The number of hydrogen-bond acceptors (Lipinski definition) is 2. The predicted molar refractivity (Wildman–Crippen MR) is 92.8 cm³/mol. The second-order valence-corrected chi connectivity index (χ2v) is 8.61. The maximum absolute atomic E-state index is 12.9. The van der Waals surface area contributed by atoms with Crippen molar-refractivity contribution < 1.29 is 14.6 Å². The van der Waals surface area contributed by atoms with Crippen molar-refractivity contribution in [1.29, 1.82) is 0 Å². The monoisotopic (exact) mass is 332 g/mol. The van der Waals surface area contributed by atoms with Gasteiger partial charge >= 0.3 is 0 Å². The van der Waals surface area contributed by atoms with Crippen LogP contribution in [0.25, 0.3) is 0 Å². The molecule has 0 unspecified atom stereocenters. The predicted octanol–water partition coefficient (Wildman–Crippen LogP) is 4.59. The molecule has 1 aromatic rings. The van der Waals surface area contributed by atoms with E-state index in [-0.39, 0.29) is 18.2 Å². The summed E-state index contributed by atoms with van der Waals surface area (Å²) in [6.45, 7) is 2.04. The highest BCUT2D eigenvalue weighted by Gasteiger charge is 2.56. The van der Waals surface area contributed by atoms with Crippen molar-refractivity contribution >= 4 is 0 Å². The Kier molecular flexibility index (Phi) is 4.11. The fourth-order valence-corrected chi connectivity index (χ4v) is 6.37. The van der Waals surface area contributed by atoms with E-state index in [9.17, 15) is 14.6 Å². The van der Waals surface area contributed by atoms with Gasteiger partial charge in [0.05, 0.1) is 12.8 Å². The molecule has 2 nitrogen and oxygen atoms in total. The summed E-state index contributed by atoms with van der Waals surface area (Å²) < 4.78 is 12.9. The first-order chi connectivity index (χ1) is 11.5. The number of halogens is 1. The summed E-state index contributed by atoms with van der Waals surface area (Å²) in [6, 6.07) is 5.85. The normalized spacial score (nSPS) is 40.7. The minimum atomic E-state index is -0.245. The van der Waals surface area contributed by atoms with Crippen LogP contribution >= 0.6 is 0 Å². The number of rotatable bonds is 3. The lowest BCUT2D eigenvalue weighted by atomic mass is 9.52. The Morgan fingerprint density at radius 3 is 2.88 bits per heavy atom. The highest BCUT2D eigenvalue weighted by molar-refractivity contribution is 5.40. The minimum absolute atomic E-state index is 0.0452. The van der Waals surface area contributed by atoms with E-state index in [1.54, 1.807) is 0 Å². The van der Waals surface area contributed by atoms with Crippen LogP contribution in [-0.4, -0.2) is 23.0 Å². The topological polar surface area (TPSA) is 40.5 Å². The van der Waals surface area contributed by atoms with Crippen molar-refractivity contribution in [3.8, 4) is 5.75 Å². The van der Waals surface area contributed by atoms with E-state index < -0.39 is 0 Å². The molecule has 2 fully saturated rings. The second-order valence-electron chi connectivity index (χ2n) is 8.61. The summed E-state index contributed by atoms with van der Waals surface area (Å²) in [5.74, 6) is 2.45. The van der Waals surface area contributed by atoms with Crippen LogP contribution in [0.15, 0.2) is 18.2 Å². The third kappa shape index (κ3) is 2.39. The molecule has 3 heteroatoms. The smallest absolute Gasteiger partial charge is 0.115 e. The SMILES string of the molecule is C[C@]12CC[C@@H]3c4ccc(O)cc4C[C@@H](CCCF)[C@H]3[C@@H]1CC[C@@H]2O. The molecule has 6 atom stereocenters. The molecule has 0 bridgehead atoms. The number of alkyl halides is 1. The fraction of sp³-hybridized carbons (Fsp3) is 0.714. The zero-order valence-electron chi connectivity index (χ0n) is 14.5. The lowest BCUT2D eigenvalue weighted by molar-refractivity contribution is -0.0397. The van der Waals surface area contributed by atoms with E-state index in [4.69, 9.17) is 0 Å². The van der Waals surface area contributed by atoms with Crippen LogP contribution in [0.3, 0.4) is 0 Å². The van der Waals surface area contributed by atoms with Gasteiger partial charge in [0.2, 0.25) is 0 Å². The van der Waals surface area contributed by atoms with E-state index >= 15 is 0 Å². The van der Waals surface area contributed by atoms with Gasteiger partial charge in [-0.2, -0.15) is 0 Å². The molecule has 3 aliphatic rings. The van der Waals surface area contributed by atoms with Gasteiger partial charge < -0.3 is 10.2 Å². The maximum atomic E-state index is 12.9. The molecule has 0 heterocycles. The molecule has 0 spiro atoms. The third-order valence-corrected chi connectivity index (χ3v) is 7.54. The van der Waals surface area contributed by atoms with Crippen LogP contribution in [0.1, 0.15) is 62.5 Å². The number of aromatic hydroxyl groups is 1. The lowest BCUT2D eigenvalue weighted by Gasteiger charge is -2.53. The van der Waals surface area contributed by atoms with Gasteiger partial charge in [-0.05, 0) is 97.3 Å². The first-order valence-corrected chi connectivity index (χ1v) is 9.60. The van der Waals surface area contributed by atoms with E-state index in [1.807, 2.05) is 12.1 Å². The molecular weight excluding hydrogens is 303 g/mol. The molecule has 4 rings (SSSR count). The molecule has 132 valence electrons. The summed E-state index contributed by atoms with van der Waals surface area (Å²) in [4.78, 5) is 0. The summed E-state index contributed by atoms with van der Waals surface area (Å²) in [6.07, 6.45) is 6.55. The van der Waals surface area contributed by atoms with E-state index in [2.05, 4.69) is 13.0 Å². The van der Waals surface area contributed by atoms with Gasteiger partial charge in [-0.15, -0.1) is 0 Å². The first-order valence-electron chi connectivity index (χ1n) is 9.60. The largest absolute Gasteiger partial charge is 0.508 e. The Morgan fingerprint density at radius 2 is 2.08 bits per heavy atom. The fourth-order valence-electron chi connectivity index (χ4n) is 6.37. The first kappa shape index (κ1) is 16.4. The molecule has 0 amide bonds. The van der Waals surface area contributed by atoms with Crippen LogP contribution < -0.4 is 0 Å². The van der Waals surface area contributed by atoms with Crippen LogP contribution in [0.4, 0.5) is 4.39 Å². The Balaban J connectivity index is 1.73. The second kappa shape index (κ2) is 6.01. The molecule has 0 radical (unpaired) electrons. The van der Waals surface area contributed by atoms with Gasteiger partial charge in [0.1, 0.15) is 5.75 Å². The van der Waals surface area contributed by atoms with Gasteiger partial charge in [0.15, 0.2) is 0 Å². The lowest BCUT2D eigenvalue weighted by Crippen LogP contribution is -2.47. The Bertz CT molecular complexity index is 616. The number of phenols is 1. The van der Waals surface area contributed by atoms with Gasteiger partial charge in [-0.1, -0.05) is 13.0 Å². The summed E-state index contributed by atoms with van der Waals surface area (Å²) >= 11 is 0. The van der Waals surface area contributed by atoms with Gasteiger partial charge in [0.25, 0.3) is 0 Å². The summed E-state index contributed by atoms with van der Waals surface area (Å²) in [5.41, 5.74) is 2.71. The average molecular weight is 332 g/mol. The van der Waals surface area contributed by atoms with E-state index in [1.165, 1.54) is 11.1 Å². The van der Waals surface area contributed by atoms with Crippen molar-refractivity contribution in [2.45, 2.75) is 63.9 Å². The summed E-state index contributed by atoms with van der Waals surface area (Å²) in [7, 11) is 0. The average Bonchev–Trinajstić information content (AvgIpc) is 2.87. The van der Waals surface area contributed by atoms with Gasteiger partial charge in [-0.3, -0.25) is 4.39 Å². The molecule has 0 aliphatic heterocycles. The molecule has 2 saturated carbocycles. The van der Waals surface area contributed by atoms with E-state index in [0.29, 0.717) is 35.8 Å². The molecule has 0 saturated heterocycles. The van der Waals surface area contributed by atoms with E-state index in [0.717, 1.165) is 38.5 Å².